The first kappa shape index (κ1) is 18.5. The molecule has 0 saturated carbocycles. The molecule has 1 unspecified atom stereocenters. The number of imidazole rings is 1. The molecule has 9 nitrogen and oxygen atoms in total. The van der Waals surface area contributed by atoms with Gasteiger partial charge in [-0.15, -0.1) is 4.68 Å². The highest BCUT2D eigenvalue weighted by atomic mass is 35.5. The summed E-state index contributed by atoms with van der Waals surface area (Å²) >= 11 is 6.19. The van der Waals surface area contributed by atoms with Crippen LogP contribution in [0.2, 0.25) is 5.02 Å². The van der Waals surface area contributed by atoms with Crippen LogP contribution in [0.25, 0.3) is 11.0 Å². The number of hydrogen-bond donors (Lipinski definition) is 0. The predicted molar refractivity (Wildman–Crippen MR) is 98.6 cm³/mol. The van der Waals surface area contributed by atoms with Gasteiger partial charge in [0.15, 0.2) is 0 Å². The summed E-state index contributed by atoms with van der Waals surface area (Å²) in [5, 5.41) is 24.8. The molecule has 3 rings (SSSR count). The lowest BCUT2D eigenvalue weighted by molar-refractivity contribution is -0.391. The summed E-state index contributed by atoms with van der Waals surface area (Å²) < 4.78 is 2.61. The van der Waals surface area contributed by atoms with E-state index in [-0.39, 0.29) is 23.0 Å². The number of rotatable bonds is 5. The van der Waals surface area contributed by atoms with E-state index >= 15 is 0 Å². The number of nitro groups is 1. The van der Waals surface area contributed by atoms with Crippen LogP contribution in [-0.4, -0.2) is 24.3 Å². The molecule has 0 aliphatic heterocycles. The van der Waals surface area contributed by atoms with Crippen molar-refractivity contribution < 1.29 is 4.92 Å². The van der Waals surface area contributed by atoms with Crippen LogP contribution >= 0.6 is 11.6 Å². The number of aryl methyl sites for hydroxylation is 2. The lowest BCUT2D eigenvalue weighted by Gasteiger charge is -2.12. The zero-order valence-electron chi connectivity index (χ0n) is 14.6. The van der Waals surface area contributed by atoms with Gasteiger partial charge in [-0.3, -0.25) is 4.79 Å². The Labute approximate surface area is 158 Å². The second-order valence-electron chi connectivity index (χ2n) is 5.92. The molecule has 0 bridgehead atoms. The Bertz CT molecular complexity index is 1140. The number of aromatic nitrogens is 4. The van der Waals surface area contributed by atoms with Gasteiger partial charge in [0, 0.05) is 7.05 Å². The number of hydrogen-bond acceptors (Lipinski definition) is 6. The number of para-hydroxylation sites is 2. The molecule has 2 aromatic heterocycles. The molecule has 0 N–H and O–H groups in total. The maximum Gasteiger partial charge on any atom is 0.395 e. The van der Waals surface area contributed by atoms with Crippen LogP contribution in [0.3, 0.4) is 0 Å². The Morgan fingerprint density at radius 3 is 2.70 bits per heavy atom. The molecule has 27 heavy (non-hydrogen) atoms. The quantitative estimate of drug-likeness (QED) is 0.491. The van der Waals surface area contributed by atoms with E-state index in [2.05, 4.69) is 10.1 Å². The summed E-state index contributed by atoms with van der Waals surface area (Å²) in [6.07, 6.45) is 0.548. The van der Waals surface area contributed by atoms with Gasteiger partial charge in [0.05, 0.1) is 28.7 Å². The van der Waals surface area contributed by atoms with Crippen molar-refractivity contribution in [3.63, 3.8) is 0 Å². The fourth-order valence-electron chi connectivity index (χ4n) is 2.97. The van der Waals surface area contributed by atoms with Crippen LogP contribution < -0.4 is 5.56 Å². The lowest BCUT2D eigenvalue weighted by Crippen LogP contribution is -2.27. The number of fused-ring (bicyclic) bond motifs is 1. The molecule has 1 atom stereocenters. The van der Waals surface area contributed by atoms with Gasteiger partial charge in [0.1, 0.15) is 22.3 Å². The summed E-state index contributed by atoms with van der Waals surface area (Å²) in [7, 11) is 1.69. The molecule has 0 aliphatic rings. The Morgan fingerprint density at radius 1 is 1.41 bits per heavy atom. The molecule has 0 fully saturated rings. The van der Waals surface area contributed by atoms with Crippen molar-refractivity contribution in [1.29, 1.82) is 5.26 Å². The van der Waals surface area contributed by atoms with Gasteiger partial charge in [0.25, 0.3) is 0 Å². The standard InChI is InChI=1S/C17H15ClN6O3/c1-3-8-23-17(25)14(18)13(16(21-23)24(26)27)10(9-19)15-20-11-6-4-5-7-12(11)22(15)2/h4-7,10H,3,8H2,1-2H3. The first-order valence-corrected chi connectivity index (χ1v) is 8.54. The van der Waals surface area contributed by atoms with Gasteiger partial charge in [-0.1, -0.05) is 30.7 Å². The van der Waals surface area contributed by atoms with E-state index in [0.717, 1.165) is 10.2 Å². The van der Waals surface area contributed by atoms with Crippen LogP contribution in [0.1, 0.15) is 30.7 Å². The first-order valence-electron chi connectivity index (χ1n) is 8.16. The summed E-state index contributed by atoms with van der Waals surface area (Å²) in [5.74, 6) is -1.59. The average Bonchev–Trinajstić information content (AvgIpc) is 2.98. The van der Waals surface area contributed by atoms with E-state index in [4.69, 9.17) is 11.6 Å². The van der Waals surface area contributed by atoms with E-state index in [1.165, 1.54) is 0 Å². The third-order valence-corrected chi connectivity index (χ3v) is 4.59. The van der Waals surface area contributed by atoms with Crippen molar-refractivity contribution >= 4 is 28.5 Å². The maximum absolute atomic E-state index is 12.5. The molecular formula is C17H15ClN6O3. The topological polar surface area (TPSA) is 120 Å². The number of benzene rings is 1. The Morgan fingerprint density at radius 2 is 2.11 bits per heavy atom. The molecule has 2 heterocycles. The fraction of sp³-hybridized carbons (Fsp3) is 0.294. The number of nitriles is 1. The summed E-state index contributed by atoms with van der Waals surface area (Å²) in [4.78, 5) is 27.7. The molecule has 0 amide bonds. The highest BCUT2D eigenvalue weighted by molar-refractivity contribution is 6.31. The van der Waals surface area contributed by atoms with Crippen molar-refractivity contribution in [2.24, 2.45) is 7.05 Å². The van der Waals surface area contributed by atoms with Crippen LogP contribution in [0.4, 0.5) is 5.82 Å². The smallest absolute Gasteiger partial charge is 0.358 e. The van der Waals surface area contributed by atoms with Crippen LogP contribution in [0, 0.1) is 21.4 Å². The summed E-state index contributed by atoms with van der Waals surface area (Å²) in [5.41, 5.74) is 0.471. The van der Waals surface area contributed by atoms with Gasteiger partial charge in [-0.05, 0) is 23.5 Å². The minimum absolute atomic E-state index is 0.184. The van der Waals surface area contributed by atoms with E-state index in [9.17, 15) is 20.2 Å². The zero-order valence-corrected chi connectivity index (χ0v) is 15.3. The van der Waals surface area contributed by atoms with E-state index < -0.39 is 22.2 Å². The van der Waals surface area contributed by atoms with Gasteiger partial charge < -0.3 is 14.7 Å². The summed E-state index contributed by atoms with van der Waals surface area (Å²) in [6, 6.07) is 9.18. The van der Waals surface area contributed by atoms with E-state index in [1.807, 2.05) is 18.2 Å². The fourth-order valence-corrected chi connectivity index (χ4v) is 3.26. The van der Waals surface area contributed by atoms with Crippen molar-refractivity contribution in [3.8, 4) is 6.07 Å². The number of halogens is 1. The minimum atomic E-state index is -1.22. The van der Waals surface area contributed by atoms with Gasteiger partial charge in [-0.2, -0.15) is 5.26 Å². The molecule has 1 aromatic carbocycles. The van der Waals surface area contributed by atoms with Gasteiger partial charge >= 0.3 is 11.4 Å². The Hall–Kier alpha value is -3.25. The minimum Gasteiger partial charge on any atom is -0.358 e. The molecule has 0 saturated heterocycles. The third kappa shape index (κ3) is 3.04. The molecule has 0 aliphatic carbocycles. The maximum atomic E-state index is 12.5. The molecule has 3 aromatic rings. The second kappa shape index (κ2) is 7.17. The molecule has 10 heteroatoms. The molecular weight excluding hydrogens is 372 g/mol. The van der Waals surface area contributed by atoms with Crippen LogP contribution in [0.5, 0.6) is 0 Å². The predicted octanol–water partition coefficient (Wildman–Crippen LogP) is 2.76. The SMILES string of the molecule is CCCn1nc([N+](=O)[O-])c(C(C#N)c2nc3ccccc3n2C)c(Cl)c1=O. The van der Waals surface area contributed by atoms with Crippen molar-refractivity contribution in [2.45, 2.75) is 25.8 Å². The second-order valence-corrected chi connectivity index (χ2v) is 6.29. The first-order chi connectivity index (χ1) is 12.9. The monoisotopic (exact) mass is 386 g/mol. The van der Waals surface area contributed by atoms with Crippen LogP contribution in [-0.2, 0) is 13.6 Å². The Kier molecular flexibility index (Phi) is 4.92. The van der Waals surface area contributed by atoms with E-state index in [1.54, 1.807) is 30.7 Å². The molecule has 0 spiro atoms. The molecule has 138 valence electrons. The van der Waals surface area contributed by atoms with Crippen molar-refractivity contribution in [3.05, 3.63) is 61.1 Å². The van der Waals surface area contributed by atoms with Crippen LogP contribution in [0.15, 0.2) is 29.1 Å². The third-order valence-electron chi connectivity index (χ3n) is 4.22. The summed E-state index contributed by atoms with van der Waals surface area (Å²) in [6.45, 7) is 1.99. The molecule has 0 radical (unpaired) electrons. The highest BCUT2D eigenvalue weighted by Crippen LogP contribution is 2.34. The van der Waals surface area contributed by atoms with Gasteiger partial charge in [-0.25, -0.2) is 4.98 Å². The highest BCUT2D eigenvalue weighted by Gasteiger charge is 2.34. The Balaban J connectivity index is 2.31. The van der Waals surface area contributed by atoms with Gasteiger partial charge in [0.2, 0.25) is 0 Å². The number of nitrogens with zero attached hydrogens (tertiary/aromatic N) is 6. The van der Waals surface area contributed by atoms with E-state index in [0.29, 0.717) is 11.9 Å². The normalized spacial score (nSPS) is 12.1. The largest absolute Gasteiger partial charge is 0.395 e. The average molecular weight is 387 g/mol. The van der Waals surface area contributed by atoms with Crippen molar-refractivity contribution in [2.75, 3.05) is 0 Å². The zero-order chi connectivity index (χ0) is 19.7. The van der Waals surface area contributed by atoms with Crippen molar-refractivity contribution in [1.82, 2.24) is 19.3 Å². The lowest BCUT2D eigenvalue weighted by atomic mass is 10.0.